The van der Waals surface area contributed by atoms with E-state index >= 15 is 0 Å². The van der Waals surface area contributed by atoms with Gasteiger partial charge in [-0.1, -0.05) is 12.1 Å². The van der Waals surface area contributed by atoms with E-state index in [4.69, 9.17) is 14.2 Å². The largest absolute Gasteiger partial charge is 0.352 e. The zero-order valence-electron chi connectivity index (χ0n) is 9.85. The molecular formula is C13H15FO3. The molecule has 4 heteroatoms. The number of ether oxygens (including phenoxy) is 3. The second-order valence-electron chi connectivity index (χ2n) is 3.86. The van der Waals surface area contributed by atoms with E-state index in [1.165, 1.54) is 12.1 Å². The van der Waals surface area contributed by atoms with E-state index in [-0.39, 0.29) is 12.1 Å². The van der Waals surface area contributed by atoms with Crippen LogP contribution in [0.5, 0.6) is 0 Å². The first kappa shape index (κ1) is 12.2. The molecule has 1 aromatic rings. The zero-order chi connectivity index (χ0) is 12.3. The molecule has 0 fully saturated rings. The molecule has 0 N–H and O–H groups in total. The van der Waals surface area contributed by atoms with Crippen LogP contribution in [-0.2, 0) is 20.6 Å². The van der Waals surface area contributed by atoms with Gasteiger partial charge in [-0.05, 0) is 35.8 Å². The Morgan fingerprint density at radius 1 is 1.29 bits per heavy atom. The van der Waals surface area contributed by atoms with Gasteiger partial charge in [-0.25, -0.2) is 4.39 Å². The minimum Gasteiger partial charge on any atom is -0.352 e. The van der Waals surface area contributed by atoms with Crippen molar-refractivity contribution in [3.8, 4) is 0 Å². The molecule has 0 saturated heterocycles. The van der Waals surface area contributed by atoms with Crippen LogP contribution in [0.3, 0.4) is 0 Å². The van der Waals surface area contributed by atoms with E-state index in [2.05, 4.69) is 0 Å². The molecule has 92 valence electrons. The van der Waals surface area contributed by atoms with Crippen molar-refractivity contribution in [3.05, 3.63) is 47.3 Å². The molecule has 3 nitrogen and oxygen atoms in total. The van der Waals surface area contributed by atoms with Crippen LogP contribution < -0.4 is 0 Å². The second-order valence-corrected chi connectivity index (χ2v) is 3.86. The molecule has 1 aromatic carbocycles. The standard InChI is InChI=1S/C13H15FO3/c1-15-12-8-10(13(16-2)17-12)6-9-4-3-5-11(14)7-9/h3-5,7-8,12-13H,6H2,1-2H3. The first-order valence-corrected chi connectivity index (χ1v) is 5.39. The predicted octanol–water partition coefficient (Wildman–Crippen LogP) is 2.27. The third-order valence-electron chi connectivity index (χ3n) is 2.65. The van der Waals surface area contributed by atoms with Gasteiger partial charge in [-0.15, -0.1) is 0 Å². The first-order chi connectivity index (χ1) is 8.22. The topological polar surface area (TPSA) is 27.7 Å². The third-order valence-corrected chi connectivity index (χ3v) is 2.65. The number of hydrogen-bond acceptors (Lipinski definition) is 3. The zero-order valence-corrected chi connectivity index (χ0v) is 9.85. The molecule has 1 aliphatic heterocycles. The van der Waals surface area contributed by atoms with Crippen molar-refractivity contribution in [1.82, 2.24) is 0 Å². The quantitative estimate of drug-likeness (QED) is 0.753. The molecule has 17 heavy (non-hydrogen) atoms. The Kier molecular flexibility index (Phi) is 3.89. The molecule has 0 radical (unpaired) electrons. The number of hydrogen-bond donors (Lipinski definition) is 0. The van der Waals surface area contributed by atoms with Crippen LogP contribution in [0.2, 0.25) is 0 Å². The highest BCUT2D eigenvalue weighted by molar-refractivity contribution is 5.25. The Balaban J connectivity index is 2.11. The molecule has 2 atom stereocenters. The van der Waals surface area contributed by atoms with Gasteiger partial charge in [0.2, 0.25) is 0 Å². The molecule has 1 aliphatic rings. The summed E-state index contributed by atoms with van der Waals surface area (Å²) in [5, 5.41) is 0. The number of rotatable bonds is 4. The van der Waals surface area contributed by atoms with Crippen LogP contribution in [0, 0.1) is 5.82 Å². The lowest BCUT2D eigenvalue weighted by atomic mass is 10.1. The van der Waals surface area contributed by atoms with Crippen LogP contribution in [0.1, 0.15) is 5.56 Å². The van der Waals surface area contributed by atoms with Crippen LogP contribution >= 0.6 is 0 Å². The normalized spacial score (nSPS) is 23.8. The molecule has 0 bridgehead atoms. The van der Waals surface area contributed by atoms with Crippen molar-refractivity contribution >= 4 is 0 Å². The van der Waals surface area contributed by atoms with E-state index in [1.807, 2.05) is 12.1 Å². The van der Waals surface area contributed by atoms with Crippen molar-refractivity contribution in [2.45, 2.75) is 19.0 Å². The van der Waals surface area contributed by atoms with Gasteiger partial charge < -0.3 is 14.2 Å². The summed E-state index contributed by atoms with van der Waals surface area (Å²) in [6.45, 7) is 0. The lowest BCUT2D eigenvalue weighted by molar-refractivity contribution is -0.177. The highest BCUT2D eigenvalue weighted by atomic mass is 19.1. The lowest BCUT2D eigenvalue weighted by Crippen LogP contribution is -2.18. The summed E-state index contributed by atoms with van der Waals surface area (Å²) in [4.78, 5) is 0. The fourth-order valence-corrected chi connectivity index (χ4v) is 1.86. The summed E-state index contributed by atoms with van der Waals surface area (Å²) in [6, 6.07) is 6.50. The molecule has 0 aromatic heterocycles. The minimum atomic E-state index is -0.414. The summed E-state index contributed by atoms with van der Waals surface area (Å²) in [5.41, 5.74) is 1.84. The van der Waals surface area contributed by atoms with Crippen molar-refractivity contribution in [2.24, 2.45) is 0 Å². The maximum atomic E-state index is 13.1. The maximum Gasteiger partial charge on any atom is 0.183 e. The van der Waals surface area contributed by atoms with Gasteiger partial charge in [0, 0.05) is 14.2 Å². The Morgan fingerprint density at radius 3 is 2.76 bits per heavy atom. The van der Waals surface area contributed by atoms with Gasteiger partial charge in [-0.2, -0.15) is 0 Å². The lowest BCUT2D eigenvalue weighted by Gasteiger charge is -2.14. The number of methoxy groups -OCH3 is 2. The van der Waals surface area contributed by atoms with Crippen LogP contribution in [0.25, 0.3) is 0 Å². The molecule has 0 amide bonds. The number of benzene rings is 1. The van der Waals surface area contributed by atoms with Gasteiger partial charge in [-0.3, -0.25) is 0 Å². The van der Waals surface area contributed by atoms with Gasteiger partial charge in [0.15, 0.2) is 12.6 Å². The van der Waals surface area contributed by atoms with E-state index in [0.717, 1.165) is 11.1 Å². The molecular weight excluding hydrogens is 223 g/mol. The van der Waals surface area contributed by atoms with Crippen LogP contribution in [-0.4, -0.2) is 26.8 Å². The Morgan fingerprint density at radius 2 is 2.12 bits per heavy atom. The predicted molar refractivity (Wildman–Crippen MR) is 60.9 cm³/mol. The molecule has 0 saturated carbocycles. The van der Waals surface area contributed by atoms with Crippen molar-refractivity contribution in [2.75, 3.05) is 14.2 Å². The highest BCUT2D eigenvalue weighted by Gasteiger charge is 2.26. The monoisotopic (exact) mass is 238 g/mol. The van der Waals surface area contributed by atoms with Crippen molar-refractivity contribution < 1.29 is 18.6 Å². The summed E-state index contributed by atoms with van der Waals surface area (Å²) in [6.07, 6.45) is 1.65. The average Bonchev–Trinajstić information content (AvgIpc) is 2.71. The first-order valence-electron chi connectivity index (χ1n) is 5.39. The van der Waals surface area contributed by atoms with Crippen LogP contribution in [0.15, 0.2) is 35.9 Å². The van der Waals surface area contributed by atoms with E-state index in [9.17, 15) is 4.39 Å². The SMILES string of the molecule is COC1C=C(Cc2cccc(F)c2)C(OC)O1. The van der Waals surface area contributed by atoms with Gasteiger partial charge in [0.25, 0.3) is 0 Å². The summed E-state index contributed by atoms with van der Waals surface area (Å²) >= 11 is 0. The minimum absolute atomic E-state index is 0.237. The Bertz CT molecular complexity index is 417. The van der Waals surface area contributed by atoms with Crippen molar-refractivity contribution in [1.29, 1.82) is 0 Å². The molecule has 0 spiro atoms. The van der Waals surface area contributed by atoms with Gasteiger partial charge in [0.05, 0.1) is 0 Å². The molecule has 2 rings (SSSR count). The fourth-order valence-electron chi connectivity index (χ4n) is 1.86. The molecule has 2 unspecified atom stereocenters. The van der Waals surface area contributed by atoms with E-state index in [1.54, 1.807) is 20.3 Å². The molecule has 0 aliphatic carbocycles. The third kappa shape index (κ3) is 2.91. The number of halogens is 1. The van der Waals surface area contributed by atoms with Crippen molar-refractivity contribution in [3.63, 3.8) is 0 Å². The maximum absolute atomic E-state index is 13.1. The second kappa shape index (κ2) is 5.40. The summed E-state index contributed by atoms with van der Waals surface area (Å²) in [5.74, 6) is -0.237. The highest BCUT2D eigenvalue weighted by Crippen LogP contribution is 2.24. The van der Waals surface area contributed by atoms with Gasteiger partial charge >= 0.3 is 0 Å². The summed E-state index contributed by atoms with van der Waals surface area (Å²) < 4.78 is 28.8. The molecule has 1 heterocycles. The Hall–Kier alpha value is -1.23. The van der Waals surface area contributed by atoms with Crippen LogP contribution in [0.4, 0.5) is 4.39 Å². The summed E-state index contributed by atoms with van der Waals surface area (Å²) in [7, 11) is 3.14. The Labute approximate surface area is 99.8 Å². The average molecular weight is 238 g/mol. The van der Waals surface area contributed by atoms with E-state index < -0.39 is 6.29 Å². The van der Waals surface area contributed by atoms with Gasteiger partial charge in [0.1, 0.15) is 5.82 Å². The fraction of sp³-hybridized carbons (Fsp3) is 0.385. The van der Waals surface area contributed by atoms with E-state index in [0.29, 0.717) is 6.42 Å². The smallest absolute Gasteiger partial charge is 0.183 e.